The Morgan fingerprint density at radius 2 is 1.42 bits per heavy atom. The second kappa shape index (κ2) is 5.18. The predicted octanol–water partition coefficient (Wildman–Crippen LogP) is 5.18. The lowest BCUT2D eigenvalue weighted by Crippen LogP contribution is -2.29. The monoisotopic (exact) mass is 268 g/mol. The Balaban J connectivity index is 1.91. The number of benzene rings is 1. The molecule has 0 heterocycles. The van der Waals surface area contributed by atoms with Gasteiger partial charge in [-0.25, -0.2) is 13.2 Å². The zero-order chi connectivity index (χ0) is 13.4. The van der Waals surface area contributed by atoms with Crippen LogP contribution in [0.15, 0.2) is 12.1 Å². The summed E-state index contributed by atoms with van der Waals surface area (Å²) in [6.45, 7) is 0. The van der Waals surface area contributed by atoms with Crippen LogP contribution >= 0.6 is 0 Å². The summed E-state index contributed by atoms with van der Waals surface area (Å²) in [5.41, 5.74) is 0.660. The number of hydrogen-bond donors (Lipinski definition) is 0. The smallest absolute Gasteiger partial charge is 0.194 e. The molecule has 1 aromatic rings. The Kier molecular flexibility index (Phi) is 3.55. The largest absolute Gasteiger partial charge is 0.204 e. The first-order valence-electron chi connectivity index (χ1n) is 7.31. The van der Waals surface area contributed by atoms with Crippen LogP contribution in [0.5, 0.6) is 0 Å². The summed E-state index contributed by atoms with van der Waals surface area (Å²) in [6.07, 6.45) is 8.22. The minimum absolute atomic E-state index is 0.212. The van der Waals surface area contributed by atoms with Crippen molar-refractivity contribution in [2.75, 3.05) is 0 Å². The van der Waals surface area contributed by atoms with Gasteiger partial charge in [0.2, 0.25) is 0 Å². The van der Waals surface area contributed by atoms with Crippen LogP contribution in [0.3, 0.4) is 0 Å². The molecule has 2 fully saturated rings. The summed E-state index contributed by atoms with van der Waals surface area (Å²) in [5.74, 6) is -2.00. The van der Waals surface area contributed by atoms with Crippen molar-refractivity contribution in [3.63, 3.8) is 0 Å². The first kappa shape index (κ1) is 13.0. The Morgan fingerprint density at radius 1 is 0.789 bits per heavy atom. The molecule has 0 aromatic heterocycles. The van der Waals surface area contributed by atoms with Gasteiger partial charge in [0, 0.05) is 0 Å². The molecular weight excluding hydrogens is 249 g/mol. The van der Waals surface area contributed by atoms with Crippen LogP contribution in [-0.2, 0) is 0 Å². The van der Waals surface area contributed by atoms with Crippen molar-refractivity contribution < 1.29 is 13.2 Å². The number of halogens is 3. The predicted molar refractivity (Wildman–Crippen MR) is 68.4 cm³/mol. The van der Waals surface area contributed by atoms with E-state index in [-0.39, 0.29) is 5.92 Å². The summed E-state index contributed by atoms with van der Waals surface area (Å²) >= 11 is 0. The molecule has 2 saturated carbocycles. The number of hydrogen-bond acceptors (Lipinski definition) is 0. The van der Waals surface area contributed by atoms with Crippen LogP contribution in [-0.4, -0.2) is 0 Å². The van der Waals surface area contributed by atoms with E-state index in [1.54, 1.807) is 0 Å². The van der Waals surface area contributed by atoms with Crippen molar-refractivity contribution in [3.8, 4) is 0 Å². The molecule has 104 valence electrons. The van der Waals surface area contributed by atoms with Crippen LogP contribution in [0.1, 0.15) is 56.4 Å². The van der Waals surface area contributed by atoms with Gasteiger partial charge in [-0.3, -0.25) is 0 Å². The van der Waals surface area contributed by atoms with Gasteiger partial charge >= 0.3 is 0 Å². The maximum Gasteiger partial charge on any atom is 0.194 e. The Hall–Kier alpha value is -0.990. The van der Waals surface area contributed by atoms with E-state index >= 15 is 0 Å². The Bertz CT molecular complexity index is 444. The van der Waals surface area contributed by atoms with Gasteiger partial charge < -0.3 is 0 Å². The molecule has 0 saturated heterocycles. The number of rotatable bonds is 1. The Morgan fingerprint density at radius 3 is 2.16 bits per heavy atom. The third kappa shape index (κ3) is 2.39. The van der Waals surface area contributed by atoms with Crippen LogP contribution in [0, 0.1) is 29.3 Å². The molecule has 0 aliphatic heterocycles. The van der Waals surface area contributed by atoms with Gasteiger partial charge in [0.15, 0.2) is 17.5 Å². The fourth-order valence-electron chi connectivity index (χ4n) is 4.14. The molecule has 3 heteroatoms. The summed E-state index contributed by atoms with van der Waals surface area (Å²) in [4.78, 5) is 0. The highest BCUT2D eigenvalue weighted by Gasteiger charge is 2.36. The fourth-order valence-corrected chi connectivity index (χ4v) is 4.14. The van der Waals surface area contributed by atoms with E-state index in [1.165, 1.54) is 37.8 Å². The van der Waals surface area contributed by atoms with E-state index in [2.05, 4.69) is 0 Å². The molecule has 0 bridgehead atoms. The SMILES string of the molecule is Fc1cc(C2CCCC3CCCCC32)cc(F)c1F. The average Bonchev–Trinajstić information content (AvgIpc) is 2.43. The van der Waals surface area contributed by atoms with Gasteiger partial charge in [-0.1, -0.05) is 32.1 Å². The quantitative estimate of drug-likeness (QED) is 0.616. The lowest BCUT2D eigenvalue weighted by Gasteiger charge is -2.41. The third-order valence-corrected chi connectivity index (χ3v) is 5.01. The van der Waals surface area contributed by atoms with Gasteiger partial charge in [0.05, 0.1) is 0 Å². The molecule has 3 unspecified atom stereocenters. The molecule has 1 aromatic carbocycles. The van der Waals surface area contributed by atoms with Gasteiger partial charge in [-0.2, -0.15) is 0 Å². The highest BCUT2D eigenvalue weighted by molar-refractivity contribution is 5.24. The zero-order valence-corrected chi connectivity index (χ0v) is 11.0. The highest BCUT2D eigenvalue weighted by atomic mass is 19.2. The highest BCUT2D eigenvalue weighted by Crippen LogP contribution is 2.48. The van der Waals surface area contributed by atoms with Crippen molar-refractivity contribution in [1.29, 1.82) is 0 Å². The van der Waals surface area contributed by atoms with Crippen molar-refractivity contribution in [3.05, 3.63) is 35.1 Å². The Labute approximate surface area is 112 Å². The zero-order valence-electron chi connectivity index (χ0n) is 11.0. The average molecular weight is 268 g/mol. The van der Waals surface area contributed by atoms with Crippen molar-refractivity contribution in [2.24, 2.45) is 11.8 Å². The van der Waals surface area contributed by atoms with Crippen molar-refractivity contribution in [1.82, 2.24) is 0 Å². The molecule has 2 aliphatic carbocycles. The van der Waals surface area contributed by atoms with Crippen LogP contribution in [0.4, 0.5) is 13.2 Å². The lowest BCUT2D eigenvalue weighted by molar-refractivity contribution is 0.144. The van der Waals surface area contributed by atoms with Crippen molar-refractivity contribution in [2.45, 2.75) is 50.9 Å². The lowest BCUT2D eigenvalue weighted by atomic mass is 9.64. The molecule has 3 rings (SSSR count). The molecule has 3 atom stereocenters. The molecule has 0 spiro atoms. The van der Waals surface area contributed by atoms with Gasteiger partial charge in [-0.15, -0.1) is 0 Å². The minimum atomic E-state index is -1.35. The second-order valence-corrected chi connectivity index (χ2v) is 6.04. The van der Waals surface area contributed by atoms with Gasteiger partial charge in [0.25, 0.3) is 0 Å². The van der Waals surface area contributed by atoms with Crippen LogP contribution < -0.4 is 0 Å². The molecule has 0 nitrogen and oxygen atoms in total. The van der Waals surface area contributed by atoms with Gasteiger partial charge in [-0.05, 0) is 48.3 Å². The second-order valence-electron chi connectivity index (χ2n) is 6.04. The molecule has 2 aliphatic rings. The molecule has 19 heavy (non-hydrogen) atoms. The van der Waals surface area contributed by atoms with Crippen LogP contribution in [0.25, 0.3) is 0 Å². The van der Waals surface area contributed by atoms with E-state index in [0.29, 0.717) is 17.4 Å². The maximum absolute atomic E-state index is 13.4. The standard InChI is InChI=1S/C16H19F3/c17-14-8-11(9-15(18)16(14)19)13-7-3-5-10-4-1-2-6-12(10)13/h8-10,12-13H,1-7H2. The summed E-state index contributed by atoms with van der Waals surface area (Å²) in [7, 11) is 0. The molecule has 0 radical (unpaired) electrons. The first-order valence-corrected chi connectivity index (χ1v) is 7.31. The normalized spacial score (nSPS) is 31.0. The van der Waals surface area contributed by atoms with E-state index in [9.17, 15) is 13.2 Å². The summed E-state index contributed by atoms with van der Waals surface area (Å²) < 4.78 is 39.9. The van der Waals surface area contributed by atoms with E-state index in [4.69, 9.17) is 0 Å². The fraction of sp³-hybridized carbons (Fsp3) is 0.625. The minimum Gasteiger partial charge on any atom is -0.204 e. The molecule has 0 N–H and O–H groups in total. The first-order chi connectivity index (χ1) is 9.16. The molecular formula is C16H19F3. The number of fused-ring (bicyclic) bond motifs is 1. The maximum atomic E-state index is 13.4. The van der Waals surface area contributed by atoms with E-state index < -0.39 is 17.5 Å². The van der Waals surface area contributed by atoms with Crippen LogP contribution in [0.2, 0.25) is 0 Å². The van der Waals surface area contributed by atoms with Crippen molar-refractivity contribution >= 4 is 0 Å². The summed E-state index contributed by atoms with van der Waals surface area (Å²) in [6, 6.07) is 2.42. The van der Waals surface area contributed by atoms with E-state index in [0.717, 1.165) is 19.3 Å². The van der Waals surface area contributed by atoms with E-state index in [1.807, 2.05) is 0 Å². The summed E-state index contributed by atoms with van der Waals surface area (Å²) in [5, 5.41) is 0. The molecule has 0 amide bonds. The van der Waals surface area contributed by atoms with Gasteiger partial charge in [0.1, 0.15) is 0 Å². The third-order valence-electron chi connectivity index (χ3n) is 5.01. The topological polar surface area (TPSA) is 0 Å².